The standard InChI is InChI=1S/C21H22ClNO4S2/c1-3-27-21(24)20-18(10-7-13-28-2)17-12-11-15(22)14-19(17)23(20)29(25,26)16-8-5-4-6-9-16/h4-6,8-9,11-12,14H,3,7,10,13H2,1-2H3. The third-order valence-electron chi connectivity index (χ3n) is 4.52. The van der Waals surface area contributed by atoms with E-state index in [0.29, 0.717) is 27.9 Å². The number of nitrogens with zero attached hydrogens (tertiary/aromatic N) is 1. The van der Waals surface area contributed by atoms with E-state index in [4.69, 9.17) is 16.3 Å². The molecule has 3 rings (SSSR count). The van der Waals surface area contributed by atoms with E-state index in [-0.39, 0.29) is 17.2 Å². The van der Waals surface area contributed by atoms with E-state index in [9.17, 15) is 13.2 Å². The Morgan fingerprint density at radius 3 is 2.55 bits per heavy atom. The first kappa shape index (κ1) is 21.7. The largest absolute Gasteiger partial charge is 0.461 e. The van der Waals surface area contributed by atoms with Crippen molar-refractivity contribution in [3.63, 3.8) is 0 Å². The molecule has 0 amide bonds. The van der Waals surface area contributed by atoms with Crippen molar-refractivity contribution in [1.29, 1.82) is 0 Å². The summed E-state index contributed by atoms with van der Waals surface area (Å²) in [5, 5.41) is 1.09. The van der Waals surface area contributed by atoms with E-state index in [2.05, 4.69) is 0 Å². The lowest BCUT2D eigenvalue weighted by atomic mass is 10.1. The summed E-state index contributed by atoms with van der Waals surface area (Å²) in [6.45, 7) is 1.84. The fourth-order valence-electron chi connectivity index (χ4n) is 3.30. The van der Waals surface area contributed by atoms with E-state index in [1.165, 1.54) is 12.1 Å². The van der Waals surface area contributed by atoms with Crippen LogP contribution >= 0.6 is 23.4 Å². The zero-order valence-corrected chi connectivity index (χ0v) is 18.6. The van der Waals surface area contributed by atoms with Gasteiger partial charge in [-0.1, -0.05) is 35.9 Å². The maximum Gasteiger partial charge on any atom is 0.356 e. The molecule has 2 aromatic carbocycles. The van der Waals surface area contributed by atoms with E-state index < -0.39 is 16.0 Å². The molecule has 0 saturated heterocycles. The van der Waals surface area contributed by atoms with Gasteiger partial charge in [-0.05, 0) is 61.6 Å². The summed E-state index contributed by atoms with van der Waals surface area (Å²) < 4.78 is 33.4. The first-order valence-corrected chi connectivity index (χ1v) is 12.4. The summed E-state index contributed by atoms with van der Waals surface area (Å²) in [5.74, 6) is 0.243. The summed E-state index contributed by atoms with van der Waals surface area (Å²) in [4.78, 5) is 13.0. The molecule has 8 heteroatoms. The Kier molecular flexibility index (Phi) is 6.93. The van der Waals surface area contributed by atoms with Crippen LogP contribution in [0.4, 0.5) is 0 Å². The summed E-state index contributed by atoms with van der Waals surface area (Å²) in [5.41, 5.74) is 1.10. The number of aromatic nitrogens is 1. The third kappa shape index (κ3) is 4.32. The number of carbonyl (C=O) groups excluding carboxylic acids is 1. The molecule has 5 nitrogen and oxygen atoms in total. The number of aryl methyl sites for hydroxylation is 1. The van der Waals surface area contributed by atoms with Crippen molar-refractivity contribution in [3.8, 4) is 0 Å². The van der Waals surface area contributed by atoms with Crippen molar-refractivity contribution in [2.45, 2.75) is 24.7 Å². The van der Waals surface area contributed by atoms with Gasteiger partial charge in [-0.25, -0.2) is 17.2 Å². The lowest BCUT2D eigenvalue weighted by Gasteiger charge is -2.12. The van der Waals surface area contributed by atoms with Gasteiger partial charge in [0.25, 0.3) is 10.0 Å². The van der Waals surface area contributed by atoms with E-state index in [1.807, 2.05) is 6.26 Å². The highest BCUT2D eigenvalue weighted by atomic mass is 35.5. The predicted octanol–water partition coefficient (Wildman–Crippen LogP) is 5.00. The smallest absolute Gasteiger partial charge is 0.356 e. The minimum Gasteiger partial charge on any atom is -0.461 e. The van der Waals surface area contributed by atoms with Gasteiger partial charge >= 0.3 is 5.97 Å². The van der Waals surface area contributed by atoms with Crippen molar-refractivity contribution < 1.29 is 17.9 Å². The molecule has 1 aromatic heterocycles. The van der Waals surface area contributed by atoms with E-state index in [1.54, 1.807) is 55.1 Å². The van der Waals surface area contributed by atoms with Crippen LogP contribution in [0.1, 0.15) is 29.4 Å². The quantitative estimate of drug-likeness (QED) is 0.356. The zero-order chi connectivity index (χ0) is 21.0. The van der Waals surface area contributed by atoms with E-state index >= 15 is 0 Å². The van der Waals surface area contributed by atoms with Crippen LogP contribution in [0.25, 0.3) is 10.9 Å². The van der Waals surface area contributed by atoms with Crippen LogP contribution in [0.15, 0.2) is 53.4 Å². The number of rotatable bonds is 8. The van der Waals surface area contributed by atoms with Gasteiger partial charge in [-0.15, -0.1) is 0 Å². The first-order valence-electron chi connectivity index (χ1n) is 9.21. The molecule has 0 N–H and O–H groups in total. The molecule has 154 valence electrons. The lowest BCUT2D eigenvalue weighted by Crippen LogP contribution is -2.21. The highest BCUT2D eigenvalue weighted by Gasteiger charge is 2.31. The molecule has 0 atom stereocenters. The summed E-state index contributed by atoms with van der Waals surface area (Å²) >= 11 is 7.89. The maximum absolute atomic E-state index is 13.5. The zero-order valence-electron chi connectivity index (χ0n) is 16.2. The van der Waals surface area contributed by atoms with Gasteiger partial charge in [-0.2, -0.15) is 11.8 Å². The Labute approximate surface area is 180 Å². The first-order chi connectivity index (χ1) is 13.9. The summed E-state index contributed by atoms with van der Waals surface area (Å²) in [7, 11) is -4.03. The molecule has 1 heterocycles. The van der Waals surface area contributed by atoms with Crippen molar-refractivity contribution in [2.75, 3.05) is 18.6 Å². The highest BCUT2D eigenvalue weighted by Crippen LogP contribution is 2.33. The average Bonchev–Trinajstić information content (AvgIpc) is 3.03. The fraction of sp³-hybridized carbons (Fsp3) is 0.286. The second-order valence-electron chi connectivity index (χ2n) is 6.39. The van der Waals surface area contributed by atoms with Crippen LogP contribution in [-0.2, 0) is 21.2 Å². The number of esters is 1. The number of hydrogen-bond acceptors (Lipinski definition) is 5. The molecule has 0 aliphatic rings. The number of carbonyl (C=O) groups is 1. The molecular weight excluding hydrogens is 430 g/mol. The van der Waals surface area contributed by atoms with Crippen LogP contribution in [0, 0.1) is 0 Å². The normalized spacial score (nSPS) is 11.7. The average molecular weight is 452 g/mol. The number of hydrogen-bond donors (Lipinski definition) is 0. The van der Waals surface area contributed by atoms with Crippen LogP contribution in [0.2, 0.25) is 5.02 Å². The van der Waals surface area contributed by atoms with Gasteiger partial charge in [0.1, 0.15) is 5.69 Å². The Balaban J connectivity index is 2.36. The molecule has 0 radical (unpaired) electrons. The molecule has 3 aromatic rings. The molecule has 29 heavy (non-hydrogen) atoms. The van der Waals surface area contributed by atoms with Crippen LogP contribution < -0.4 is 0 Å². The summed E-state index contributed by atoms with van der Waals surface area (Å²) in [6, 6.07) is 13.1. The highest BCUT2D eigenvalue weighted by molar-refractivity contribution is 7.98. The van der Waals surface area contributed by atoms with Gasteiger partial charge < -0.3 is 4.74 Å². The third-order valence-corrected chi connectivity index (χ3v) is 7.18. The Morgan fingerprint density at radius 1 is 1.17 bits per heavy atom. The molecule has 0 unspecified atom stereocenters. The predicted molar refractivity (Wildman–Crippen MR) is 119 cm³/mol. The van der Waals surface area contributed by atoms with Gasteiger partial charge in [-0.3, -0.25) is 0 Å². The molecule has 0 aliphatic heterocycles. The summed E-state index contributed by atoms with van der Waals surface area (Å²) in [6.07, 6.45) is 3.38. The monoisotopic (exact) mass is 451 g/mol. The van der Waals surface area contributed by atoms with Crippen LogP contribution in [-0.4, -0.2) is 37.0 Å². The number of benzene rings is 2. The van der Waals surface area contributed by atoms with Crippen LogP contribution in [0.5, 0.6) is 0 Å². The SMILES string of the molecule is CCOC(=O)c1c(CCCSC)c2ccc(Cl)cc2n1S(=O)(=O)c1ccccc1. The number of thioether (sulfide) groups is 1. The lowest BCUT2D eigenvalue weighted by molar-refractivity contribution is 0.0517. The van der Waals surface area contributed by atoms with Crippen molar-refractivity contribution in [1.82, 2.24) is 3.97 Å². The number of halogens is 1. The Bertz CT molecular complexity index is 1120. The van der Waals surface area contributed by atoms with Crippen molar-refractivity contribution >= 4 is 50.3 Å². The maximum atomic E-state index is 13.5. The molecule has 0 spiro atoms. The number of fused-ring (bicyclic) bond motifs is 1. The van der Waals surface area contributed by atoms with Crippen molar-refractivity contribution in [2.24, 2.45) is 0 Å². The Hall–Kier alpha value is -1.96. The number of ether oxygens (including phenoxy) is 1. The van der Waals surface area contributed by atoms with Gasteiger partial charge in [0, 0.05) is 10.4 Å². The second-order valence-corrected chi connectivity index (χ2v) is 9.60. The molecule has 0 saturated carbocycles. The Morgan fingerprint density at radius 2 is 1.90 bits per heavy atom. The second kappa shape index (κ2) is 9.24. The molecule has 0 fully saturated rings. The van der Waals surface area contributed by atoms with Gasteiger partial charge in [0.2, 0.25) is 0 Å². The van der Waals surface area contributed by atoms with Gasteiger partial charge in [0.15, 0.2) is 0 Å². The van der Waals surface area contributed by atoms with Gasteiger partial charge in [0.05, 0.1) is 17.0 Å². The molecule has 0 bridgehead atoms. The van der Waals surface area contributed by atoms with Crippen molar-refractivity contribution in [3.05, 3.63) is 64.8 Å². The topological polar surface area (TPSA) is 65.4 Å². The molecule has 0 aliphatic carbocycles. The minimum atomic E-state index is -4.03. The fourth-order valence-corrected chi connectivity index (χ4v) is 5.44. The minimum absolute atomic E-state index is 0.0501. The van der Waals surface area contributed by atoms with Crippen LogP contribution in [0.3, 0.4) is 0 Å². The molecular formula is C21H22ClNO4S2. The van der Waals surface area contributed by atoms with E-state index in [0.717, 1.165) is 16.1 Å².